The Morgan fingerprint density at radius 1 is 0.840 bits per heavy atom. The molecule has 1 aliphatic heterocycles. The summed E-state index contributed by atoms with van der Waals surface area (Å²) in [6, 6.07) is 30.1. The van der Waals surface area contributed by atoms with Gasteiger partial charge in [0.05, 0.1) is 18.5 Å². The zero-order valence-electron chi connectivity index (χ0n) is 28.9. The number of fused-ring (bicyclic) bond motifs is 1. The summed E-state index contributed by atoms with van der Waals surface area (Å²) in [6.07, 6.45) is 3.41. The zero-order valence-corrected chi connectivity index (χ0v) is 28.9. The molecule has 50 heavy (non-hydrogen) atoms. The molecular formula is C41H46N4O5. The Kier molecular flexibility index (Phi) is 11.4. The predicted octanol–water partition coefficient (Wildman–Crippen LogP) is 7.12. The Bertz CT molecular complexity index is 1910. The summed E-state index contributed by atoms with van der Waals surface area (Å²) in [5.74, 6) is 0.603. The number of benzene rings is 4. The number of ketones is 1. The number of carboxylic acid groups (broad SMARTS) is 1. The van der Waals surface area contributed by atoms with Gasteiger partial charge < -0.3 is 29.4 Å². The summed E-state index contributed by atoms with van der Waals surface area (Å²) in [6.45, 7) is 8.17. The molecule has 1 fully saturated rings. The molecule has 9 heteroatoms. The van der Waals surface area contributed by atoms with Crippen LogP contribution >= 0.6 is 0 Å². The second kappa shape index (κ2) is 16.4. The van der Waals surface area contributed by atoms with Gasteiger partial charge in [0.25, 0.3) is 0 Å². The molecule has 1 aromatic heterocycles. The number of carbonyl (C=O) groups is 2. The number of carbonyl (C=O) groups excluding carboxylic acids is 1. The molecule has 2 N–H and O–H groups in total. The van der Waals surface area contributed by atoms with Crippen molar-refractivity contribution in [3.8, 4) is 11.5 Å². The number of anilines is 2. The predicted molar refractivity (Wildman–Crippen MR) is 199 cm³/mol. The molecule has 1 aliphatic rings. The van der Waals surface area contributed by atoms with Gasteiger partial charge in [0.1, 0.15) is 18.1 Å². The number of hydrogen-bond donors (Lipinski definition) is 2. The second-order valence-corrected chi connectivity index (χ2v) is 12.7. The third kappa shape index (κ3) is 8.29. The van der Waals surface area contributed by atoms with Crippen molar-refractivity contribution in [1.82, 2.24) is 9.47 Å². The SMILES string of the molecule is CCc1ccc(CNc2ccc(C(=O)c3cn(CCCC(=O)O)c4ccccc34)cc2OCCN2CCN(c3ccccc3OC)CC2)cc1. The quantitative estimate of drug-likeness (QED) is 0.107. The zero-order chi connectivity index (χ0) is 34.9. The van der Waals surface area contributed by atoms with Crippen LogP contribution in [0.1, 0.15) is 46.8 Å². The van der Waals surface area contributed by atoms with Crippen molar-refractivity contribution in [2.45, 2.75) is 39.3 Å². The molecular weight excluding hydrogens is 628 g/mol. The minimum atomic E-state index is -0.827. The van der Waals surface area contributed by atoms with Crippen LogP contribution in [-0.2, 0) is 24.3 Å². The third-order valence-corrected chi connectivity index (χ3v) is 9.44. The lowest BCUT2D eigenvalue weighted by Crippen LogP contribution is -2.47. The van der Waals surface area contributed by atoms with Crippen molar-refractivity contribution in [2.24, 2.45) is 0 Å². The van der Waals surface area contributed by atoms with Crippen LogP contribution in [0.4, 0.5) is 11.4 Å². The first-order valence-electron chi connectivity index (χ1n) is 17.5. The van der Waals surface area contributed by atoms with E-state index in [1.54, 1.807) is 7.11 Å². The molecule has 6 rings (SSSR count). The van der Waals surface area contributed by atoms with Gasteiger partial charge >= 0.3 is 5.97 Å². The number of methoxy groups -OCH3 is 1. The molecule has 0 unspecified atom stereocenters. The van der Waals surface area contributed by atoms with E-state index in [0.29, 0.717) is 43.0 Å². The van der Waals surface area contributed by atoms with Crippen LogP contribution < -0.4 is 19.7 Å². The number of ether oxygens (including phenoxy) is 2. The summed E-state index contributed by atoms with van der Waals surface area (Å²) in [5.41, 5.74) is 6.46. The minimum absolute atomic E-state index is 0.0746. The standard InChI is InChI=1S/C41H46N4O5/c1-3-30-14-16-31(17-15-30)28-42-35-19-18-32(41(48)34-29-45(20-8-13-40(46)47)36-10-5-4-9-33(34)36)27-39(35)50-26-25-43-21-23-44(24-22-43)37-11-6-7-12-38(37)49-2/h4-7,9-12,14-19,27,29,42H,3,8,13,20-26,28H2,1-2H3,(H,46,47). The highest BCUT2D eigenvalue weighted by molar-refractivity contribution is 6.16. The van der Waals surface area contributed by atoms with Crippen LogP contribution in [0.25, 0.3) is 10.9 Å². The van der Waals surface area contributed by atoms with Crippen LogP contribution in [0.15, 0.2) is 97.2 Å². The number of aliphatic carboxylic acids is 1. The molecule has 5 aromatic rings. The summed E-state index contributed by atoms with van der Waals surface area (Å²) in [5, 5.41) is 13.5. The highest BCUT2D eigenvalue weighted by atomic mass is 16.5. The van der Waals surface area contributed by atoms with E-state index in [9.17, 15) is 9.59 Å². The molecule has 0 aliphatic carbocycles. The normalized spacial score (nSPS) is 13.4. The van der Waals surface area contributed by atoms with E-state index in [1.807, 2.05) is 71.4 Å². The Hall–Kier alpha value is -5.28. The largest absolute Gasteiger partial charge is 0.495 e. The number of nitrogens with zero attached hydrogens (tertiary/aromatic N) is 3. The summed E-state index contributed by atoms with van der Waals surface area (Å²) in [7, 11) is 1.71. The van der Waals surface area contributed by atoms with E-state index in [0.717, 1.165) is 72.7 Å². The van der Waals surface area contributed by atoms with Gasteiger partial charge in [-0.25, -0.2) is 0 Å². The van der Waals surface area contributed by atoms with E-state index < -0.39 is 5.97 Å². The summed E-state index contributed by atoms with van der Waals surface area (Å²) >= 11 is 0. The first kappa shape index (κ1) is 34.6. The first-order valence-corrected chi connectivity index (χ1v) is 17.5. The number of piperazine rings is 1. The number of nitrogens with one attached hydrogen (secondary N) is 1. The number of aromatic nitrogens is 1. The van der Waals surface area contributed by atoms with E-state index in [4.69, 9.17) is 14.6 Å². The van der Waals surface area contributed by atoms with Gasteiger partial charge in [-0.15, -0.1) is 0 Å². The molecule has 0 amide bonds. The lowest BCUT2D eigenvalue weighted by atomic mass is 10.0. The Morgan fingerprint density at radius 2 is 1.58 bits per heavy atom. The van der Waals surface area contributed by atoms with Gasteiger partial charge in [-0.3, -0.25) is 14.5 Å². The van der Waals surface area contributed by atoms with Crippen molar-refractivity contribution in [3.05, 3.63) is 119 Å². The van der Waals surface area contributed by atoms with Gasteiger partial charge in [-0.05, 0) is 60.4 Å². The van der Waals surface area contributed by atoms with Crippen molar-refractivity contribution in [2.75, 3.05) is 56.7 Å². The maximum Gasteiger partial charge on any atom is 0.303 e. The van der Waals surface area contributed by atoms with Crippen LogP contribution in [0.2, 0.25) is 0 Å². The fraction of sp³-hybridized carbons (Fsp3) is 0.317. The Morgan fingerprint density at radius 3 is 2.34 bits per heavy atom. The van der Waals surface area contributed by atoms with Gasteiger partial charge in [-0.2, -0.15) is 0 Å². The van der Waals surface area contributed by atoms with Gasteiger partial charge in [0.2, 0.25) is 0 Å². The van der Waals surface area contributed by atoms with Crippen LogP contribution in [0.3, 0.4) is 0 Å². The van der Waals surface area contributed by atoms with Crippen molar-refractivity contribution >= 4 is 34.0 Å². The molecule has 0 atom stereocenters. The van der Waals surface area contributed by atoms with Crippen molar-refractivity contribution < 1.29 is 24.2 Å². The average Bonchev–Trinajstić information content (AvgIpc) is 3.52. The van der Waals surface area contributed by atoms with Gasteiger partial charge in [0.15, 0.2) is 5.78 Å². The smallest absolute Gasteiger partial charge is 0.303 e. The van der Waals surface area contributed by atoms with Gasteiger partial charge in [0, 0.05) is 80.5 Å². The Labute approximate surface area is 294 Å². The molecule has 9 nitrogen and oxygen atoms in total. The van der Waals surface area contributed by atoms with Crippen LogP contribution in [0.5, 0.6) is 11.5 Å². The molecule has 0 spiro atoms. The fourth-order valence-corrected chi connectivity index (χ4v) is 6.58. The van der Waals surface area contributed by atoms with E-state index in [-0.39, 0.29) is 12.2 Å². The molecule has 2 heterocycles. The fourth-order valence-electron chi connectivity index (χ4n) is 6.58. The van der Waals surface area contributed by atoms with Crippen LogP contribution in [-0.4, -0.2) is 72.8 Å². The molecule has 4 aromatic carbocycles. The molecule has 0 radical (unpaired) electrons. The van der Waals surface area contributed by atoms with Gasteiger partial charge in [-0.1, -0.05) is 61.5 Å². The first-order chi connectivity index (χ1) is 24.4. The second-order valence-electron chi connectivity index (χ2n) is 12.7. The number of aryl methyl sites for hydroxylation is 2. The number of carboxylic acids is 1. The topological polar surface area (TPSA) is 96.3 Å². The maximum atomic E-state index is 14.1. The summed E-state index contributed by atoms with van der Waals surface area (Å²) < 4.78 is 14.0. The lowest BCUT2D eigenvalue weighted by Gasteiger charge is -2.36. The van der Waals surface area contributed by atoms with Crippen molar-refractivity contribution in [3.63, 3.8) is 0 Å². The average molecular weight is 675 g/mol. The maximum absolute atomic E-state index is 14.1. The molecule has 260 valence electrons. The van der Waals surface area contributed by atoms with Crippen molar-refractivity contribution in [1.29, 1.82) is 0 Å². The van der Waals surface area contributed by atoms with E-state index in [1.165, 1.54) is 5.56 Å². The molecule has 0 bridgehead atoms. The minimum Gasteiger partial charge on any atom is -0.495 e. The molecule has 0 saturated carbocycles. The van der Waals surface area contributed by atoms with E-state index >= 15 is 0 Å². The van der Waals surface area contributed by atoms with E-state index in [2.05, 4.69) is 52.4 Å². The lowest BCUT2D eigenvalue weighted by molar-refractivity contribution is -0.137. The molecule has 1 saturated heterocycles. The third-order valence-electron chi connectivity index (χ3n) is 9.44. The van der Waals surface area contributed by atoms with Crippen LogP contribution in [0, 0.1) is 0 Å². The Balaban J connectivity index is 1.17. The number of para-hydroxylation sites is 3. The highest BCUT2D eigenvalue weighted by Crippen LogP contribution is 2.31. The monoisotopic (exact) mass is 674 g/mol. The number of rotatable bonds is 16. The number of hydrogen-bond acceptors (Lipinski definition) is 7. The highest BCUT2D eigenvalue weighted by Gasteiger charge is 2.21. The summed E-state index contributed by atoms with van der Waals surface area (Å²) in [4.78, 5) is 30.0.